The predicted octanol–water partition coefficient (Wildman–Crippen LogP) is 4.52. The first-order chi connectivity index (χ1) is 16.0. The van der Waals surface area contributed by atoms with Crippen LogP contribution in [0.2, 0.25) is 5.02 Å². The second kappa shape index (κ2) is 9.33. The minimum Gasteiger partial charge on any atom is -0.493 e. The molecule has 0 aliphatic carbocycles. The Kier molecular flexibility index (Phi) is 6.62. The normalized spacial score (nSPS) is 16.4. The molecule has 182 valence electrons. The summed E-state index contributed by atoms with van der Waals surface area (Å²) in [7, 11) is 0. The molecule has 0 spiro atoms. The van der Waals surface area contributed by atoms with Crippen molar-refractivity contribution in [3.8, 4) is 5.88 Å². The standard InChI is InChI=1S/C25H33ClN6O2/c1-15(2)32-14-20-21(23(32)34)28-24(31-11-10-19(13-31)27-16(3)33)29-22(20)30-25(4,5)12-17-6-8-18(26)9-7-17/h6-9,14-15,19,34H,10-13H2,1-5H3,(H,27,33)(H,28,29,30). The number of nitrogens with one attached hydrogen (secondary N) is 2. The van der Waals surface area contributed by atoms with Gasteiger partial charge in [0.15, 0.2) is 0 Å². The van der Waals surface area contributed by atoms with Gasteiger partial charge < -0.3 is 25.2 Å². The summed E-state index contributed by atoms with van der Waals surface area (Å²) in [4.78, 5) is 23.2. The van der Waals surface area contributed by atoms with Crippen LogP contribution in [0.5, 0.6) is 5.88 Å². The topological polar surface area (TPSA) is 95.3 Å². The van der Waals surface area contributed by atoms with Crippen LogP contribution in [0.1, 0.15) is 52.6 Å². The molecule has 1 fully saturated rings. The number of hydrogen-bond donors (Lipinski definition) is 3. The van der Waals surface area contributed by atoms with Crippen molar-refractivity contribution in [1.82, 2.24) is 19.9 Å². The number of aromatic nitrogens is 3. The number of halogens is 1. The van der Waals surface area contributed by atoms with E-state index in [9.17, 15) is 9.90 Å². The van der Waals surface area contributed by atoms with Crippen LogP contribution in [0.25, 0.3) is 10.9 Å². The highest BCUT2D eigenvalue weighted by molar-refractivity contribution is 6.30. The van der Waals surface area contributed by atoms with Crippen molar-refractivity contribution in [2.45, 2.75) is 65.1 Å². The lowest BCUT2D eigenvalue weighted by molar-refractivity contribution is -0.119. The minimum absolute atomic E-state index is 0.0406. The zero-order chi connectivity index (χ0) is 24.6. The molecule has 34 heavy (non-hydrogen) atoms. The number of aromatic hydroxyl groups is 1. The van der Waals surface area contributed by atoms with E-state index in [1.807, 2.05) is 48.9 Å². The van der Waals surface area contributed by atoms with Gasteiger partial charge in [0.05, 0.1) is 5.39 Å². The maximum absolute atomic E-state index is 11.5. The Morgan fingerprint density at radius 3 is 2.62 bits per heavy atom. The van der Waals surface area contributed by atoms with Gasteiger partial charge in [-0.2, -0.15) is 4.98 Å². The average Bonchev–Trinajstić information content (AvgIpc) is 3.34. The van der Waals surface area contributed by atoms with Crippen molar-refractivity contribution in [3.05, 3.63) is 41.0 Å². The van der Waals surface area contributed by atoms with Crippen LogP contribution in [0.15, 0.2) is 30.5 Å². The summed E-state index contributed by atoms with van der Waals surface area (Å²) in [5, 5.41) is 19.0. The Balaban J connectivity index is 1.69. The van der Waals surface area contributed by atoms with Crippen molar-refractivity contribution in [1.29, 1.82) is 0 Å². The van der Waals surface area contributed by atoms with E-state index in [2.05, 4.69) is 29.4 Å². The summed E-state index contributed by atoms with van der Waals surface area (Å²) in [6.07, 6.45) is 3.49. The molecule has 1 unspecified atom stereocenters. The molecule has 1 aromatic carbocycles. The smallest absolute Gasteiger partial charge is 0.228 e. The molecule has 3 heterocycles. The fourth-order valence-electron chi connectivity index (χ4n) is 4.53. The first-order valence-corrected chi connectivity index (χ1v) is 12.1. The number of fused-ring (bicyclic) bond motifs is 1. The first-order valence-electron chi connectivity index (χ1n) is 11.7. The number of carbonyl (C=O) groups excluding carboxylic acids is 1. The van der Waals surface area contributed by atoms with Crippen molar-refractivity contribution in [3.63, 3.8) is 0 Å². The fourth-order valence-corrected chi connectivity index (χ4v) is 4.65. The molecular formula is C25H33ClN6O2. The van der Waals surface area contributed by atoms with E-state index in [0.717, 1.165) is 30.3 Å². The van der Waals surface area contributed by atoms with Crippen LogP contribution in [0, 0.1) is 0 Å². The largest absolute Gasteiger partial charge is 0.493 e. The second-order valence-corrected chi connectivity index (χ2v) is 10.5. The van der Waals surface area contributed by atoms with Gasteiger partial charge in [0.1, 0.15) is 11.3 Å². The van der Waals surface area contributed by atoms with Gasteiger partial charge in [0, 0.05) is 48.9 Å². The van der Waals surface area contributed by atoms with E-state index in [4.69, 9.17) is 21.6 Å². The van der Waals surface area contributed by atoms with Crippen LogP contribution >= 0.6 is 11.6 Å². The third kappa shape index (κ3) is 5.22. The fraction of sp³-hybridized carbons (Fsp3) is 0.480. The zero-order valence-electron chi connectivity index (χ0n) is 20.4. The van der Waals surface area contributed by atoms with Gasteiger partial charge in [0.2, 0.25) is 17.7 Å². The highest BCUT2D eigenvalue weighted by atomic mass is 35.5. The van der Waals surface area contributed by atoms with Crippen molar-refractivity contribution in [2.24, 2.45) is 0 Å². The summed E-state index contributed by atoms with van der Waals surface area (Å²) < 4.78 is 1.81. The van der Waals surface area contributed by atoms with Gasteiger partial charge in [0.25, 0.3) is 0 Å². The Morgan fingerprint density at radius 1 is 1.26 bits per heavy atom. The maximum Gasteiger partial charge on any atom is 0.228 e. The molecular weight excluding hydrogens is 452 g/mol. The molecule has 1 aliphatic heterocycles. The van der Waals surface area contributed by atoms with E-state index >= 15 is 0 Å². The quantitative estimate of drug-likeness (QED) is 0.456. The van der Waals surface area contributed by atoms with E-state index in [1.54, 1.807) is 0 Å². The molecule has 0 radical (unpaired) electrons. The van der Waals surface area contributed by atoms with Crippen molar-refractivity contribution in [2.75, 3.05) is 23.3 Å². The Labute approximate surface area is 205 Å². The Bertz CT molecular complexity index is 1190. The summed E-state index contributed by atoms with van der Waals surface area (Å²) in [5.74, 6) is 1.31. The number of anilines is 2. The first kappa shape index (κ1) is 24.1. The van der Waals surface area contributed by atoms with E-state index < -0.39 is 0 Å². The number of rotatable bonds is 7. The van der Waals surface area contributed by atoms with Crippen LogP contribution in [0.4, 0.5) is 11.8 Å². The van der Waals surface area contributed by atoms with Gasteiger partial charge in [-0.05, 0) is 58.2 Å². The monoisotopic (exact) mass is 484 g/mol. The lowest BCUT2D eigenvalue weighted by Crippen LogP contribution is -2.36. The van der Waals surface area contributed by atoms with E-state index in [1.165, 1.54) is 6.92 Å². The minimum atomic E-state index is -0.328. The summed E-state index contributed by atoms with van der Waals surface area (Å²) >= 11 is 6.05. The molecule has 1 aliphatic rings. The number of nitrogens with zero attached hydrogens (tertiary/aromatic N) is 4. The highest BCUT2D eigenvalue weighted by Gasteiger charge is 2.28. The highest BCUT2D eigenvalue weighted by Crippen LogP contribution is 2.36. The second-order valence-electron chi connectivity index (χ2n) is 10.0. The van der Waals surface area contributed by atoms with Gasteiger partial charge >= 0.3 is 0 Å². The average molecular weight is 485 g/mol. The van der Waals surface area contributed by atoms with Gasteiger partial charge in [-0.3, -0.25) is 4.79 Å². The predicted molar refractivity (Wildman–Crippen MR) is 137 cm³/mol. The summed E-state index contributed by atoms with van der Waals surface area (Å²) in [6.45, 7) is 11.2. The third-order valence-corrected chi connectivity index (χ3v) is 6.36. The van der Waals surface area contributed by atoms with Crippen LogP contribution in [0.3, 0.4) is 0 Å². The van der Waals surface area contributed by atoms with Crippen molar-refractivity contribution >= 4 is 40.2 Å². The molecule has 9 heteroatoms. The Hall–Kier alpha value is -3.00. The Morgan fingerprint density at radius 2 is 1.97 bits per heavy atom. The molecule has 0 saturated carbocycles. The van der Waals surface area contributed by atoms with E-state index in [-0.39, 0.29) is 29.4 Å². The number of hydrogen-bond acceptors (Lipinski definition) is 6. The number of benzene rings is 1. The molecule has 3 aromatic rings. The van der Waals surface area contributed by atoms with Gasteiger partial charge in [-0.1, -0.05) is 23.7 Å². The molecule has 3 N–H and O–H groups in total. The third-order valence-electron chi connectivity index (χ3n) is 6.11. The molecule has 2 aromatic heterocycles. The lowest BCUT2D eigenvalue weighted by Gasteiger charge is -2.28. The molecule has 0 bridgehead atoms. The van der Waals surface area contributed by atoms with E-state index in [0.29, 0.717) is 28.9 Å². The van der Waals surface area contributed by atoms with Crippen LogP contribution in [-0.4, -0.2) is 50.2 Å². The molecule has 4 rings (SSSR count). The molecule has 8 nitrogen and oxygen atoms in total. The molecule has 1 atom stereocenters. The van der Waals surface area contributed by atoms with Gasteiger partial charge in [-0.25, -0.2) is 4.98 Å². The number of carbonyl (C=O) groups is 1. The van der Waals surface area contributed by atoms with Crippen LogP contribution < -0.4 is 15.5 Å². The van der Waals surface area contributed by atoms with Crippen LogP contribution in [-0.2, 0) is 11.2 Å². The SMILES string of the molecule is CC(=O)NC1CCN(c2nc(NC(C)(C)Cc3ccc(Cl)cc3)c3cn(C(C)C)c(O)c3n2)C1. The van der Waals surface area contributed by atoms with Crippen molar-refractivity contribution < 1.29 is 9.90 Å². The van der Waals surface area contributed by atoms with Gasteiger partial charge in [-0.15, -0.1) is 0 Å². The molecule has 1 saturated heterocycles. The lowest BCUT2D eigenvalue weighted by atomic mass is 9.95. The summed E-state index contributed by atoms with van der Waals surface area (Å²) in [5.41, 5.74) is 1.35. The molecule has 1 amide bonds. The maximum atomic E-state index is 11.5. The number of amides is 1. The zero-order valence-corrected chi connectivity index (χ0v) is 21.1. The summed E-state index contributed by atoms with van der Waals surface area (Å²) in [6, 6.07) is 7.98.